The van der Waals surface area contributed by atoms with Gasteiger partial charge in [0.2, 0.25) is 0 Å². The third kappa shape index (κ3) is 3.47. The lowest BCUT2D eigenvalue weighted by Crippen LogP contribution is -2.33. The van der Waals surface area contributed by atoms with E-state index in [2.05, 4.69) is 56.1 Å². The molecule has 4 atom stereocenters. The first-order valence-corrected chi connectivity index (χ1v) is 11.4. The zero-order valence-corrected chi connectivity index (χ0v) is 17.5. The molecule has 1 saturated carbocycles. The summed E-state index contributed by atoms with van der Waals surface area (Å²) < 4.78 is 0. The minimum Gasteiger partial charge on any atom is -0.384 e. The van der Waals surface area contributed by atoms with E-state index in [0.717, 1.165) is 36.3 Å². The molecular weight excluding hydrogens is 342 g/mol. The van der Waals surface area contributed by atoms with Gasteiger partial charge < -0.3 is 5.32 Å². The third-order valence-corrected chi connectivity index (χ3v) is 7.49. The maximum atomic E-state index is 13.5. The standard InChI is InChI=1S/C26H35NO/c1-4-20-17(3)21(5-2)26(28)24-22(15-18-11-7-6-8-12-18)23(27-25(20)24)16-19-13-9-10-14-19/h6-8,11-12,19-23,27H,3-5,9-10,13-16H2,1-2H3. The first-order chi connectivity index (χ1) is 13.6. The van der Waals surface area contributed by atoms with Crippen molar-refractivity contribution >= 4 is 5.78 Å². The number of benzene rings is 1. The molecule has 0 saturated heterocycles. The third-order valence-electron chi connectivity index (χ3n) is 7.49. The van der Waals surface area contributed by atoms with Crippen LogP contribution in [0.5, 0.6) is 0 Å². The number of allylic oxidation sites excluding steroid dienone is 1. The van der Waals surface area contributed by atoms with E-state index in [0.29, 0.717) is 23.7 Å². The normalized spacial score (nSPS) is 30.6. The molecule has 1 N–H and O–H groups in total. The summed E-state index contributed by atoms with van der Waals surface area (Å²) in [6, 6.07) is 11.1. The van der Waals surface area contributed by atoms with Crippen LogP contribution in [0.4, 0.5) is 0 Å². The fourth-order valence-electron chi connectivity index (χ4n) is 6.02. The average Bonchev–Trinajstić information content (AvgIpc) is 3.32. The van der Waals surface area contributed by atoms with Gasteiger partial charge in [-0.15, -0.1) is 0 Å². The van der Waals surface area contributed by atoms with Crippen molar-refractivity contribution in [3.8, 4) is 0 Å². The molecule has 0 amide bonds. The van der Waals surface area contributed by atoms with Gasteiger partial charge in [0.05, 0.1) is 0 Å². The lowest BCUT2D eigenvalue weighted by Gasteiger charge is -2.32. The number of hydrogen-bond acceptors (Lipinski definition) is 2. The number of rotatable bonds is 6. The molecule has 1 aliphatic heterocycles. The zero-order chi connectivity index (χ0) is 19.7. The van der Waals surface area contributed by atoms with Crippen LogP contribution in [0.2, 0.25) is 0 Å². The summed E-state index contributed by atoms with van der Waals surface area (Å²) in [6.07, 6.45) is 9.54. The van der Waals surface area contributed by atoms with E-state index in [9.17, 15) is 4.79 Å². The molecule has 0 bridgehead atoms. The molecule has 1 aromatic rings. The molecule has 28 heavy (non-hydrogen) atoms. The van der Waals surface area contributed by atoms with Crippen LogP contribution in [0.3, 0.4) is 0 Å². The maximum absolute atomic E-state index is 13.5. The van der Waals surface area contributed by atoms with Crippen molar-refractivity contribution in [2.75, 3.05) is 0 Å². The Balaban J connectivity index is 1.69. The second-order valence-corrected chi connectivity index (χ2v) is 9.12. The summed E-state index contributed by atoms with van der Waals surface area (Å²) in [5, 5.41) is 3.89. The number of nitrogens with one attached hydrogen (secondary N) is 1. The van der Waals surface area contributed by atoms with E-state index in [1.54, 1.807) is 0 Å². The summed E-state index contributed by atoms with van der Waals surface area (Å²) in [7, 11) is 0. The first-order valence-electron chi connectivity index (χ1n) is 11.4. The molecule has 2 nitrogen and oxygen atoms in total. The van der Waals surface area contributed by atoms with Gasteiger partial charge in [-0.05, 0) is 37.2 Å². The molecule has 4 rings (SSSR count). The van der Waals surface area contributed by atoms with Crippen molar-refractivity contribution in [1.82, 2.24) is 5.32 Å². The first kappa shape index (κ1) is 19.5. The number of hydrogen-bond donors (Lipinski definition) is 1. The van der Waals surface area contributed by atoms with Crippen molar-refractivity contribution in [3.05, 3.63) is 59.3 Å². The van der Waals surface area contributed by atoms with Crippen LogP contribution >= 0.6 is 0 Å². The minimum absolute atomic E-state index is 0.00834. The van der Waals surface area contributed by atoms with Crippen molar-refractivity contribution in [3.63, 3.8) is 0 Å². The van der Waals surface area contributed by atoms with Crippen LogP contribution in [0, 0.1) is 23.7 Å². The Morgan fingerprint density at radius 3 is 2.36 bits per heavy atom. The fraction of sp³-hybridized carbons (Fsp3) is 0.577. The number of ketones is 1. The molecular formula is C26H35NO. The number of Topliss-reactive ketones (excluding diaryl/α,β-unsaturated/α-hetero) is 1. The highest BCUT2D eigenvalue weighted by Crippen LogP contribution is 2.46. The largest absolute Gasteiger partial charge is 0.384 e. The van der Waals surface area contributed by atoms with Gasteiger partial charge in [-0.25, -0.2) is 0 Å². The average molecular weight is 378 g/mol. The molecule has 4 unspecified atom stereocenters. The van der Waals surface area contributed by atoms with E-state index in [-0.39, 0.29) is 5.92 Å². The summed E-state index contributed by atoms with van der Waals surface area (Å²) in [5.74, 6) is 1.81. The van der Waals surface area contributed by atoms with Crippen molar-refractivity contribution in [2.45, 2.75) is 71.3 Å². The van der Waals surface area contributed by atoms with E-state index in [4.69, 9.17) is 0 Å². The molecule has 0 radical (unpaired) electrons. The monoisotopic (exact) mass is 377 g/mol. The molecule has 0 spiro atoms. The van der Waals surface area contributed by atoms with Gasteiger partial charge in [0, 0.05) is 35.1 Å². The Kier molecular flexibility index (Phi) is 5.75. The molecule has 1 aromatic carbocycles. The van der Waals surface area contributed by atoms with Gasteiger partial charge in [-0.3, -0.25) is 4.79 Å². The Hall–Kier alpha value is -1.83. The number of carbonyl (C=O) groups is 1. The van der Waals surface area contributed by atoms with E-state index < -0.39 is 0 Å². The Bertz CT molecular complexity index is 756. The van der Waals surface area contributed by atoms with Crippen molar-refractivity contribution in [1.29, 1.82) is 0 Å². The minimum atomic E-state index is 0.00834. The summed E-state index contributed by atoms with van der Waals surface area (Å²) in [6.45, 7) is 8.74. The summed E-state index contributed by atoms with van der Waals surface area (Å²) in [5.41, 5.74) is 4.84. The Morgan fingerprint density at radius 1 is 1.04 bits per heavy atom. The van der Waals surface area contributed by atoms with Gasteiger partial charge in [0.25, 0.3) is 0 Å². The second kappa shape index (κ2) is 8.27. The summed E-state index contributed by atoms with van der Waals surface area (Å²) >= 11 is 0. The summed E-state index contributed by atoms with van der Waals surface area (Å²) in [4.78, 5) is 13.5. The van der Waals surface area contributed by atoms with E-state index >= 15 is 0 Å². The zero-order valence-electron chi connectivity index (χ0n) is 17.5. The van der Waals surface area contributed by atoms with Gasteiger partial charge >= 0.3 is 0 Å². The second-order valence-electron chi connectivity index (χ2n) is 9.12. The fourth-order valence-corrected chi connectivity index (χ4v) is 6.02. The van der Waals surface area contributed by atoms with Gasteiger partial charge in [-0.2, -0.15) is 0 Å². The smallest absolute Gasteiger partial charge is 0.168 e. The lowest BCUT2D eigenvalue weighted by atomic mass is 9.70. The molecule has 150 valence electrons. The van der Waals surface area contributed by atoms with E-state index in [1.807, 2.05) is 0 Å². The lowest BCUT2D eigenvalue weighted by molar-refractivity contribution is -0.119. The highest BCUT2D eigenvalue weighted by molar-refractivity contribution is 6.02. The molecule has 2 aliphatic carbocycles. The quantitative estimate of drug-likeness (QED) is 0.631. The highest BCUT2D eigenvalue weighted by atomic mass is 16.1. The molecule has 2 heteroatoms. The Labute approximate surface area is 170 Å². The predicted molar refractivity (Wildman–Crippen MR) is 116 cm³/mol. The van der Waals surface area contributed by atoms with Gasteiger partial charge in [0.15, 0.2) is 5.78 Å². The van der Waals surface area contributed by atoms with Crippen LogP contribution in [0.15, 0.2) is 53.8 Å². The predicted octanol–water partition coefficient (Wildman–Crippen LogP) is 5.84. The molecule has 3 aliphatic rings. The Morgan fingerprint density at radius 2 is 1.71 bits per heavy atom. The van der Waals surface area contributed by atoms with Crippen LogP contribution in [0.1, 0.15) is 64.4 Å². The SMILES string of the molecule is C=C1C(CC)C(=O)C2=C(NC(CC3CCCC3)C2Cc2ccccc2)C1CC. The van der Waals surface area contributed by atoms with Crippen molar-refractivity contribution in [2.24, 2.45) is 23.7 Å². The highest BCUT2D eigenvalue weighted by Gasteiger charge is 2.47. The topological polar surface area (TPSA) is 29.1 Å². The van der Waals surface area contributed by atoms with Crippen LogP contribution in [-0.4, -0.2) is 11.8 Å². The molecule has 0 aromatic heterocycles. The number of carbonyl (C=O) groups excluding carboxylic acids is 1. The maximum Gasteiger partial charge on any atom is 0.168 e. The van der Waals surface area contributed by atoms with Gasteiger partial charge in [-0.1, -0.05) is 82.0 Å². The van der Waals surface area contributed by atoms with Crippen LogP contribution in [-0.2, 0) is 11.2 Å². The molecule has 1 heterocycles. The van der Waals surface area contributed by atoms with Crippen LogP contribution < -0.4 is 5.32 Å². The van der Waals surface area contributed by atoms with Crippen molar-refractivity contribution < 1.29 is 4.79 Å². The van der Waals surface area contributed by atoms with Crippen LogP contribution in [0.25, 0.3) is 0 Å². The molecule has 1 fully saturated rings. The van der Waals surface area contributed by atoms with Gasteiger partial charge in [0.1, 0.15) is 0 Å². The van der Waals surface area contributed by atoms with E-state index in [1.165, 1.54) is 43.4 Å².